The number of nitrogens with zero attached hydrogens (tertiary/aromatic N) is 2. The summed E-state index contributed by atoms with van der Waals surface area (Å²) in [6.07, 6.45) is 0.543. The molecule has 0 spiro atoms. The van der Waals surface area contributed by atoms with Gasteiger partial charge in [0.25, 0.3) is 0 Å². The van der Waals surface area contributed by atoms with Gasteiger partial charge in [-0.05, 0) is 17.7 Å². The number of hydrogen-bond donors (Lipinski definition) is 1. The summed E-state index contributed by atoms with van der Waals surface area (Å²) >= 11 is 3.35. The number of methoxy groups -OCH3 is 2. The van der Waals surface area contributed by atoms with Gasteiger partial charge in [-0.25, -0.2) is 4.98 Å². The van der Waals surface area contributed by atoms with E-state index in [1.807, 2.05) is 12.1 Å². The molecule has 0 aliphatic heterocycles. The van der Waals surface area contributed by atoms with Crippen molar-refractivity contribution in [3.63, 3.8) is 0 Å². The maximum Gasteiger partial charge on any atom is 0.241 e. The molecular weight excluding hydrogens is 312 g/mol. The van der Waals surface area contributed by atoms with Crippen molar-refractivity contribution in [3.05, 3.63) is 46.2 Å². The van der Waals surface area contributed by atoms with Crippen molar-refractivity contribution < 1.29 is 14.6 Å². The van der Waals surface area contributed by atoms with Crippen molar-refractivity contribution in [2.24, 2.45) is 0 Å². The Balaban J connectivity index is 2.37. The molecule has 1 atom stereocenters. The van der Waals surface area contributed by atoms with E-state index in [0.29, 0.717) is 17.1 Å². The SMILES string of the molecule is COc1cnc(C(O)c2ccc(Br)cc2)c(OC)n1. The fraction of sp³-hybridized carbons (Fsp3) is 0.231. The first kappa shape index (κ1) is 13.8. The standard InChI is InChI=1S/C13H13BrN2O3/c1-18-10-7-15-11(13(16-10)19-2)12(17)8-3-5-9(14)6-4-8/h3-7,12,17H,1-2H3. The van der Waals surface area contributed by atoms with Crippen LogP contribution in [0.1, 0.15) is 17.4 Å². The van der Waals surface area contributed by atoms with Gasteiger partial charge < -0.3 is 14.6 Å². The molecular formula is C13H13BrN2O3. The average molecular weight is 325 g/mol. The third kappa shape index (κ3) is 3.02. The first-order valence-corrected chi connectivity index (χ1v) is 6.33. The lowest BCUT2D eigenvalue weighted by atomic mass is 10.1. The molecule has 0 aliphatic carbocycles. The van der Waals surface area contributed by atoms with Crippen LogP contribution in [0.5, 0.6) is 11.8 Å². The maximum atomic E-state index is 10.3. The van der Waals surface area contributed by atoms with Gasteiger partial charge >= 0.3 is 0 Å². The van der Waals surface area contributed by atoms with Crippen LogP contribution < -0.4 is 9.47 Å². The third-order valence-electron chi connectivity index (χ3n) is 2.59. The molecule has 0 amide bonds. The second-order valence-corrected chi connectivity index (χ2v) is 4.68. The monoisotopic (exact) mass is 324 g/mol. The van der Waals surface area contributed by atoms with Crippen molar-refractivity contribution in [3.8, 4) is 11.8 Å². The summed E-state index contributed by atoms with van der Waals surface area (Å²) in [5.41, 5.74) is 1.06. The molecule has 2 rings (SSSR count). The van der Waals surface area contributed by atoms with E-state index < -0.39 is 6.10 Å². The molecule has 0 saturated heterocycles. The number of rotatable bonds is 4. The molecule has 0 saturated carbocycles. The quantitative estimate of drug-likeness (QED) is 0.935. The van der Waals surface area contributed by atoms with Gasteiger partial charge in [0.05, 0.1) is 20.4 Å². The van der Waals surface area contributed by atoms with Gasteiger partial charge in [-0.1, -0.05) is 28.1 Å². The van der Waals surface area contributed by atoms with Crippen molar-refractivity contribution >= 4 is 15.9 Å². The van der Waals surface area contributed by atoms with E-state index in [0.717, 1.165) is 4.47 Å². The lowest BCUT2D eigenvalue weighted by Gasteiger charge is -2.13. The van der Waals surface area contributed by atoms with Crippen LogP contribution in [-0.4, -0.2) is 29.3 Å². The van der Waals surface area contributed by atoms with Crippen LogP contribution in [0, 0.1) is 0 Å². The largest absolute Gasteiger partial charge is 0.480 e. The Morgan fingerprint density at radius 2 is 1.84 bits per heavy atom. The predicted octanol–water partition coefficient (Wildman–Crippen LogP) is 2.34. The minimum Gasteiger partial charge on any atom is -0.480 e. The first-order chi connectivity index (χ1) is 9.15. The summed E-state index contributed by atoms with van der Waals surface area (Å²) in [6, 6.07) is 7.31. The highest BCUT2D eigenvalue weighted by atomic mass is 79.9. The lowest BCUT2D eigenvalue weighted by Crippen LogP contribution is -2.07. The van der Waals surface area contributed by atoms with Crippen LogP contribution in [0.4, 0.5) is 0 Å². The number of halogens is 1. The normalized spacial score (nSPS) is 12.0. The van der Waals surface area contributed by atoms with Crippen LogP contribution >= 0.6 is 15.9 Å². The van der Waals surface area contributed by atoms with E-state index in [-0.39, 0.29) is 5.88 Å². The molecule has 0 bridgehead atoms. The Kier molecular flexibility index (Phi) is 4.34. The van der Waals surface area contributed by atoms with E-state index >= 15 is 0 Å². The van der Waals surface area contributed by atoms with E-state index in [9.17, 15) is 5.11 Å². The zero-order chi connectivity index (χ0) is 13.8. The molecule has 1 N–H and O–H groups in total. The highest BCUT2D eigenvalue weighted by Gasteiger charge is 2.19. The molecule has 5 nitrogen and oxygen atoms in total. The van der Waals surface area contributed by atoms with Gasteiger partial charge in [-0.15, -0.1) is 0 Å². The van der Waals surface area contributed by atoms with Crippen molar-refractivity contribution in [2.45, 2.75) is 6.10 Å². The summed E-state index contributed by atoms with van der Waals surface area (Å²) in [5, 5.41) is 10.3. The lowest BCUT2D eigenvalue weighted by molar-refractivity contribution is 0.206. The molecule has 1 aromatic heterocycles. The second kappa shape index (κ2) is 5.99. The van der Waals surface area contributed by atoms with Crippen LogP contribution in [-0.2, 0) is 0 Å². The minimum absolute atomic E-state index is 0.245. The molecule has 1 heterocycles. The van der Waals surface area contributed by atoms with Gasteiger partial charge in [-0.2, -0.15) is 4.98 Å². The summed E-state index contributed by atoms with van der Waals surface area (Å²) in [6.45, 7) is 0. The van der Waals surface area contributed by atoms with E-state index in [1.54, 1.807) is 12.1 Å². The molecule has 0 fully saturated rings. The van der Waals surface area contributed by atoms with Crippen molar-refractivity contribution in [1.29, 1.82) is 0 Å². The summed E-state index contributed by atoms with van der Waals surface area (Å²) in [5.74, 6) is 0.582. The zero-order valence-electron chi connectivity index (χ0n) is 10.5. The van der Waals surface area contributed by atoms with Crippen LogP contribution in [0.15, 0.2) is 34.9 Å². The minimum atomic E-state index is -0.901. The summed E-state index contributed by atoms with van der Waals surface area (Å²) in [4.78, 5) is 8.24. The van der Waals surface area contributed by atoms with Gasteiger partial charge in [0.2, 0.25) is 11.8 Å². The first-order valence-electron chi connectivity index (χ1n) is 5.54. The van der Waals surface area contributed by atoms with E-state index in [2.05, 4.69) is 25.9 Å². The summed E-state index contributed by atoms with van der Waals surface area (Å²) < 4.78 is 11.0. The number of ether oxygens (including phenoxy) is 2. The smallest absolute Gasteiger partial charge is 0.241 e. The maximum absolute atomic E-state index is 10.3. The second-order valence-electron chi connectivity index (χ2n) is 3.76. The Labute approximate surface area is 119 Å². The summed E-state index contributed by atoms with van der Waals surface area (Å²) in [7, 11) is 2.97. The van der Waals surface area contributed by atoms with Crippen molar-refractivity contribution in [1.82, 2.24) is 9.97 Å². The molecule has 2 aromatic rings. The number of aromatic nitrogens is 2. The van der Waals surface area contributed by atoms with Gasteiger partial charge in [0.15, 0.2) is 0 Å². The van der Waals surface area contributed by atoms with E-state index in [4.69, 9.17) is 9.47 Å². The highest BCUT2D eigenvalue weighted by molar-refractivity contribution is 9.10. The molecule has 6 heteroatoms. The predicted molar refractivity (Wildman–Crippen MR) is 73.3 cm³/mol. The van der Waals surface area contributed by atoms with Gasteiger partial charge in [0, 0.05) is 4.47 Å². The van der Waals surface area contributed by atoms with Crippen LogP contribution in [0.2, 0.25) is 0 Å². The fourth-order valence-electron chi connectivity index (χ4n) is 1.61. The molecule has 100 valence electrons. The Morgan fingerprint density at radius 1 is 1.16 bits per heavy atom. The number of aliphatic hydroxyl groups is 1. The topological polar surface area (TPSA) is 64.5 Å². The molecule has 19 heavy (non-hydrogen) atoms. The Bertz CT molecular complexity index is 560. The third-order valence-corrected chi connectivity index (χ3v) is 3.12. The van der Waals surface area contributed by atoms with Crippen LogP contribution in [0.3, 0.4) is 0 Å². The number of benzene rings is 1. The van der Waals surface area contributed by atoms with E-state index in [1.165, 1.54) is 20.4 Å². The molecule has 1 aromatic carbocycles. The Hall–Kier alpha value is -1.66. The fourth-order valence-corrected chi connectivity index (χ4v) is 1.87. The van der Waals surface area contributed by atoms with Crippen molar-refractivity contribution in [2.75, 3.05) is 14.2 Å². The molecule has 0 aliphatic rings. The molecule has 1 unspecified atom stereocenters. The highest BCUT2D eigenvalue weighted by Crippen LogP contribution is 2.28. The number of aliphatic hydroxyl groups excluding tert-OH is 1. The van der Waals surface area contributed by atoms with Crippen LogP contribution in [0.25, 0.3) is 0 Å². The Morgan fingerprint density at radius 3 is 2.42 bits per heavy atom. The van der Waals surface area contributed by atoms with Gasteiger partial charge in [-0.3, -0.25) is 0 Å². The van der Waals surface area contributed by atoms with Gasteiger partial charge in [0.1, 0.15) is 11.8 Å². The zero-order valence-corrected chi connectivity index (χ0v) is 12.1. The average Bonchev–Trinajstić information content (AvgIpc) is 2.46. The number of hydrogen-bond acceptors (Lipinski definition) is 5. The molecule has 0 radical (unpaired) electrons.